The molecule has 2 aliphatic rings. The highest BCUT2D eigenvalue weighted by molar-refractivity contribution is 5.94. The van der Waals surface area contributed by atoms with Crippen LogP contribution in [-0.2, 0) is 24.5 Å². The van der Waals surface area contributed by atoms with Gasteiger partial charge in [-0.1, -0.05) is 18.2 Å². The van der Waals surface area contributed by atoms with E-state index in [2.05, 4.69) is 5.10 Å². The molecule has 0 aliphatic carbocycles. The van der Waals surface area contributed by atoms with Crippen LogP contribution in [0, 0.1) is 0 Å². The summed E-state index contributed by atoms with van der Waals surface area (Å²) in [4.78, 5) is 30.9. The zero-order valence-electron chi connectivity index (χ0n) is 21.2. The lowest BCUT2D eigenvalue weighted by Crippen LogP contribution is -2.55. The third kappa shape index (κ3) is 5.15. The van der Waals surface area contributed by atoms with E-state index in [9.17, 15) is 22.8 Å². The fourth-order valence-corrected chi connectivity index (χ4v) is 4.90. The largest absolute Gasteiger partial charge is 0.444 e. The number of carbonyl (C=O) groups excluding carboxylic acids is 2. The average Bonchev–Trinajstić information content (AvgIpc) is 3.16. The number of carbonyl (C=O) groups is 2. The molecule has 3 amide bonds. The van der Waals surface area contributed by atoms with Gasteiger partial charge in [0.1, 0.15) is 5.60 Å². The topological polar surface area (TPSA) is 70.9 Å². The van der Waals surface area contributed by atoms with Gasteiger partial charge in [0, 0.05) is 37.9 Å². The van der Waals surface area contributed by atoms with Crippen LogP contribution in [0.3, 0.4) is 0 Å². The zero-order chi connectivity index (χ0) is 26.4. The molecular formula is C25H32F3N5O3. The first kappa shape index (κ1) is 25.8. The second kappa shape index (κ2) is 9.33. The van der Waals surface area contributed by atoms with Crippen molar-refractivity contribution in [2.24, 2.45) is 7.05 Å². The standard InChI is InChI=1S/C25H32F3N5O3/c1-16(19-8-6-7-9-20(19)25(26,27)28)33-21-17(14-30(5)29-21)15-32(22(33)34)18-10-12-31(13-11-18)23(35)36-24(2,3)4/h6-9,14,16,18H,10-13,15H2,1-5H3. The summed E-state index contributed by atoms with van der Waals surface area (Å²) in [6, 6.07) is 3.87. The van der Waals surface area contributed by atoms with E-state index in [4.69, 9.17) is 4.74 Å². The maximum Gasteiger partial charge on any atom is 0.416 e. The number of benzene rings is 1. The molecule has 1 unspecified atom stereocenters. The number of rotatable bonds is 3. The van der Waals surface area contributed by atoms with Crippen LogP contribution in [0.4, 0.5) is 28.6 Å². The number of hydrogen-bond acceptors (Lipinski definition) is 4. The normalized spacial score (nSPS) is 18.3. The lowest BCUT2D eigenvalue weighted by atomic mass is 9.98. The molecule has 2 aliphatic heterocycles. The number of anilines is 1. The van der Waals surface area contributed by atoms with Gasteiger partial charge in [-0.05, 0) is 52.2 Å². The Labute approximate surface area is 208 Å². The van der Waals surface area contributed by atoms with E-state index in [1.165, 1.54) is 17.0 Å². The van der Waals surface area contributed by atoms with Crippen molar-refractivity contribution in [2.45, 2.75) is 70.9 Å². The second-order valence-corrected chi connectivity index (χ2v) is 10.4. The maximum absolute atomic E-state index is 13.8. The molecule has 1 atom stereocenters. The SMILES string of the molecule is CC(c1ccccc1C(F)(F)F)N1C(=O)N(C2CCN(C(=O)OC(C)(C)C)CC2)Cc2cn(C)nc21. The van der Waals surface area contributed by atoms with Gasteiger partial charge >= 0.3 is 18.3 Å². The molecule has 3 heterocycles. The summed E-state index contributed by atoms with van der Waals surface area (Å²) in [6.45, 7) is 8.18. The van der Waals surface area contributed by atoms with E-state index in [1.54, 1.807) is 40.7 Å². The Hall–Kier alpha value is -3.24. The number of hydrogen-bond donors (Lipinski definition) is 0. The average molecular weight is 508 g/mol. The molecule has 1 aromatic heterocycles. The van der Waals surface area contributed by atoms with Crippen LogP contribution >= 0.6 is 0 Å². The second-order valence-electron chi connectivity index (χ2n) is 10.4. The van der Waals surface area contributed by atoms with Crippen molar-refractivity contribution < 1.29 is 27.5 Å². The number of ether oxygens (including phenoxy) is 1. The van der Waals surface area contributed by atoms with Crippen LogP contribution < -0.4 is 4.90 Å². The van der Waals surface area contributed by atoms with Crippen molar-refractivity contribution in [1.29, 1.82) is 0 Å². The van der Waals surface area contributed by atoms with Gasteiger partial charge in [-0.25, -0.2) is 9.59 Å². The molecule has 196 valence electrons. The molecule has 0 spiro atoms. The van der Waals surface area contributed by atoms with E-state index in [-0.39, 0.29) is 23.7 Å². The summed E-state index contributed by atoms with van der Waals surface area (Å²) in [7, 11) is 1.72. The van der Waals surface area contributed by atoms with Crippen molar-refractivity contribution in [1.82, 2.24) is 19.6 Å². The first-order valence-corrected chi connectivity index (χ1v) is 12.0. The molecule has 8 nitrogen and oxygen atoms in total. The lowest BCUT2D eigenvalue weighted by molar-refractivity contribution is -0.138. The summed E-state index contributed by atoms with van der Waals surface area (Å²) in [5.41, 5.74) is -0.596. The number of likely N-dealkylation sites (tertiary alicyclic amines) is 1. The van der Waals surface area contributed by atoms with Crippen LogP contribution in [0.5, 0.6) is 0 Å². The van der Waals surface area contributed by atoms with E-state index in [0.717, 1.165) is 11.6 Å². The van der Waals surface area contributed by atoms with Crippen LogP contribution in [0.1, 0.15) is 63.3 Å². The van der Waals surface area contributed by atoms with Crippen LogP contribution in [0.2, 0.25) is 0 Å². The van der Waals surface area contributed by atoms with Crippen LogP contribution in [0.15, 0.2) is 30.5 Å². The minimum atomic E-state index is -4.55. The minimum Gasteiger partial charge on any atom is -0.444 e. The molecule has 11 heteroatoms. The number of urea groups is 1. The highest BCUT2D eigenvalue weighted by Gasteiger charge is 2.43. The first-order chi connectivity index (χ1) is 16.8. The third-order valence-corrected chi connectivity index (χ3v) is 6.56. The molecule has 4 rings (SSSR count). The lowest BCUT2D eigenvalue weighted by Gasteiger charge is -2.44. The molecule has 0 saturated carbocycles. The predicted molar refractivity (Wildman–Crippen MR) is 127 cm³/mol. The van der Waals surface area contributed by atoms with Crippen molar-refractivity contribution in [2.75, 3.05) is 18.0 Å². The van der Waals surface area contributed by atoms with Gasteiger partial charge in [-0.3, -0.25) is 9.58 Å². The number of aryl methyl sites for hydroxylation is 1. The van der Waals surface area contributed by atoms with E-state index in [1.807, 2.05) is 20.8 Å². The van der Waals surface area contributed by atoms with E-state index < -0.39 is 23.4 Å². The summed E-state index contributed by atoms with van der Waals surface area (Å²) in [5, 5.41) is 4.41. The third-order valence-electron chi connectivity index (χ3n) is 6.56. The molecule has 0 N–H and O–H groups in total. The Morgan fingerprint density at radius 2 is 1.78 bits per heavy atom. The fourth-order valence-electron chi connectivity index (χ4n) is 4.90. The van der Waals surface area contributed by atoms with Crippen LogP contribution in [-0.4, -0.2) is 56.4 Å². The van der Waals surface area contributed by atoms with Crippen molar-refractivity contribution in [3.63, 3.8) is 0 Å². The Bertz CT molecular complexity index is 1130. The van der Waals surface area contributed by atoms with Crippen molar-refractivity contribution in [3.05, 3.63) is 47.2 Å². The number of halogens is 3. The van der Waals surface area contributed by atoms with Gasteiger partial charge in [-0.2, -0.15) is 18.3 Å². The minimum absolute atomic E-state index is 0.0107. The smallest absolute Gasteiger partial charge is 0.416 e. The number of nitrogens with zero attached hydrogens (tertiary/aromatic N) is 5. The number of aromatic nitrogens is 2. The number of piperidine rings is 1. The Kier molecular flexibility index (Phi) is 6.70. The highest BCUT2D eigenvalue weighted by Crippen LogP contribution is 2.40. The van der Waals surface area contributed by atoms with Crippen molar-refractivity contribution >= 4 is 17.9 Å². The molecule has 0 bridgehead atoms. The van der Waals surface area contributed by atoms with Gasteiger partial charge < -0.3 is 14.5 Å². The van der Waals surface area contributed by atoms with Gasteiger partial charge in [0.2, 0.25) is 0 Å². The summed E-state index contributed by atoms with van der Waals surface area (Å²) in [5.74, 6) is 0.370. The van der Waals surface area contributed by atoms with Crippen LogP contribution in [0.25, 0.3) is 0 Å². The van der Waals surface area contributed by atoms with E-state index >= 15 is 0 Å². The van der Waals surface area contributed by atoms with Gasteiger partial charge in [0.15, 0.2) is 5.82 Å². The quantitative estimate of drug-likeness (QED) is 0.562. The Morgan fingerprint density at radius 1 is 1.14 bits per heavy atom. The first-order valence-electron chi connectivity index (χ1n) is 12.0. The summed E-state index contributed by atoms with van der Waals surface area (Å²) < 4.78 is 48.3. The number of alkyl halides is 3. The zero-order valence-corrected chi connectivity index (χ0v) is 21.2. The van der Waals surface area contributed by atoms with E-state index in [0.29, 0.717) is 38.3 Å². The molecule has 36 heavy (non-hydrogen) atoms. The van der Waals surface area contributed by atoms with Gasteiger partial charge in [0.25, 0.3) is 0 Å². The molecule has 2 aromatic rings. The molecule has 0 radical (unpaired) electrons. The molecule has 1 aromatic carbocycles. The monoisotopic (exact) mass is 507 g/mol. The number of fused-ring (bicyclic) bond motifs is 1. The fraction of sp³-hybridized carbons (Fsp3) is 0.560. The number of amides is 3. The maximum atomic E-state index is 13.8. The Balaban J connectivity index is 1.59. The van der Waals surface area contributed by atoms with Gasteiger partial charge in [0.05, 0.1) is 18.2 Å². The highest BCUT2D eigenvalue weighted by atomic mass is 19.4. The Morgan fingerprint density at radius 3 is 2.39 bits per heavy atom. The van der Waals surface area contributed by atoms with Gasteiger partial charge in [-0.15, -0.1) is 0 Å². The molecule has 1 fully saturated rings. The molecular weight excluding hydrogens is 475 g/mol. The predicted octanol–water partition coefficient (Wildman–Crippen LogP) is 5.34. The van der Waals surface area contributed by atoms with Crippen molar-refractivity contribution in [3.8, 4) is 0 Å². The summed E-state index contributed by atoms with van der Waals surface area (Å²) >= 11 is 0. The molecule has 1 saturated heterocycles. The summed E-state index contributed by atoms with van der Waals surface area (Å²) in [6.07, 6.45) is -2.06.